The van der Waals surface area contributed by atoms with Crippen molar-refractivity contribution in [3.63, 3.8) is 0 Å². The maximum atomic E-state index is 12.4. The lowest BCUT2D eigenvalue weighted by atomic mass is 9.79. The molecule has 1 aliphatic heterocycles. The standard InChI is InChI=1S/C32H38N4O3/c1-6-26-19-35(17-24-10-8-9-11-29(24)39-26)18-25-16-23(13-12-20(25)3)30(22(5)32(37)38)27-14-15-28-31(21(27)4)33-34-36(28)7-2/h8-16,22,26,30H,6-7,17-19H2,1-5H3,(H,37,38)/t22?,26-,30?/m1/s1. The average Bonchev–Trinajstić information content (AvgIpc) is 3.27. The highest BCUT2D eigenvalue weighted by Crippen LogP contribution is 2.37. The molecule has 0 bridgehead atoms. The first kappa shape index (κ1) is 26.9. The molecule has 1 N–H and O–H groups in total. The minimum Gasteiger partial charge on any atom is -0.489 e. The zero-order valence-electron chi connectivity index (χ0n) is 23.5. The van der Waals surface area contributed by atoms with Crippen molar-refractivity contribution < 1.29 is 14.6 Å². The number of aromatic nitrogens is 3. The summed E-state index contributed by atoms with van der Waals surface area (Å²) in [5.74, 6) is -0.764. The van der Waals surface area contributed by atoms with Crippen LogP contribution in [0.15, 0.2) is 54.6 Å². The Morgan fingerprint density at radius 2 is 1.92 bits per heavy atom. The number of aliphatic carboxylic acids is 1. The number of hydrogen-bond donors (Lipinski definition) is 1. The van der Waals surface area contributed by atoms with Crippen LogP contribution in [-0.2, 0) is 24.4 Å². The van der Waals surface area contributed by atoms with E-state index < -0.39 is 11.9 Å². The van der Waals surface area contributed by atoms with Crippen molar-refractivity contribution in [3.8, 4) is 5.75 Å². The van der Waals surface area contributed by atoms with E-state index in [2.05, 4.69) is 71.5 Å². The Labute approximate surface area is 230 Å². The summed E-state index contributed by atoms with van der Waals surface area (Å²) in [5, 5.41) is 18.9. The molecular weight excluding hydrogens is 488 g/mol. The molecule has 7 nitrogen and oxygen atoms in total. The summed E-state index contributed by atoms with van der Waals surface area (Å²) in [5.41, 5.74) is 8.39. The molecule has 0 amide bonds. The van der Waals surface area contributed by atoms with E-state index in [4.69, 9.17) is 4.74 Å². The van der Waals surface area contributed by atoms with E-state index in [0.717, 1.165) is 66.1 Å². The van der Waals surface area contributed by atoms with Crippen molar-refractivity contribution in [2.45, 2.75) is 72.7 Å². The second kappa shape index (κ2) is 11.2. The predicted molar refractivity (Wildman–Crippen MR) is 153 cm³/mol. The summed E-state index contributed by atoms with van der Waals surface area (Å²) in [4.78, 5) is 14.8. The van der Waals surface area contributed by atoms with Crippen LogP contribution in [0.1, 0.15) is 66.5 Å². The number of fused-ring (bicyclic) bond motifs is 2. The molecule has 0 aliphatic carbocycles. The molecular formula is C32H38N4O3. The van der Waals surface area contributed by atoms with E-state index in [-0.39, 0.29) is 12.0 Å². The smallest absolute Gasteiger partial charge is 0.307 e. The fourth-order valence-corrected chi connectivity index (χ4v) is 5.82. The van der Waals surface area contributed by atoms with E-state index >= 15 is 0 Å². The lowest BCUT2D eigenvalue weighted by Gasteiger charge is -2.27. The largest absolute Gasteiger partial charge is 0.489 e. The van der Waals surface area contributed by atoms with Gasteiger partial charge in [-0.25, -0.2) is 4.68 Å². The first-order valence-corrected chi connectivity index (χ1v) is 13.9. The molecule has 2 heterocycles. The number of benzene rings is 3. The van der Waals surface area contributed by atoms with Crippen molar-refractivity contribution in [2.24, 2.45) is 5.92 Å². The Bertz CT molecular complexity index is 1490. The number of nitrogens with zero attached hydrogens (tertiary/aromatic N) is 4. The lowest BCUT2D eigenvalue weighted by molar-refractivity contribution is -0.141. The van der Waals surface area contributed by atoms with Crippen LogP contribution in [0.4, 0.5) is 0 Å². The van der Waals surface area contributed by atoms with Gasteiger partial charge in [0.25, 0.3) is 0 Å². The number of rotatable bonds is 8. The maximum absolute atomic E-state index is 12.4. The van der Waals surface area contributed by atoms with E-state index in [9.17, 15) is 9.90 Å². The zero-order valence-corrected chi connectivity index (χ0v) is 23.5. The fraction of sp³-hybridized carbons (Fsp3) is 0.406. The molecule has 204 valence electrons. The second-order valence-corrected chi connectivity index (χ2v) is 10.8. The summed E-state index contributed by atoms with van der Waals surface area (Å²) in [7, 11) is 0. The van der Waals surface area contributed by atoms with E-state index in [1.165, 1.54) is 16.7 Å². The van der Waals surface area contributed by atoms with Crippen LogP contribution >= 0.6 is 0 Å². The van der Waals surface area contributed by atoms with E-state index in [0.29, 0.717) is 0 Å². The Morgan fingerprint density at radius 3 is 2.67 bits per heavy atom. The van der Waals surface area contributed by atoms with Gasteiger partial charge in [-0.3, -0.25) is 9.69 Å². The molecule has 0 radical (unpaired) electrons. The Morgan fingerprint density at radius 1 is 1.13 bits per heavy atom. The highest BCUT2D eigenvalue weighted by Gasteiger charge is 2.30. The molecule has 0 fully saturated rings. The predicted octanol–water partition coefficient (Wildman–Crippen LogP) is 6.09. The number of ether oxygens (including phenoxy) is 1. The van der Waals surface area contributed by atoms with Gasteiger partial charge in [0.1, 0.15) is 17.4 Å². The maximum Gasteiger partial charge on any atom is 0.307 e. The topological polar surface area (TPSA) is 80.5 Å². The van der Waals surface area contributed by atoms with Crippen LogP contribution in [0.5, 0.6) is 5.75 Å². The van der Waals surface area contributed by atoms with Crippen molar-refractivity contribution in [1.82, 2.24) is 19.9 Å². The van der Waals surface area contributed by atoms with Gasteiger partial charge in [-0.05, 0) is 67.1 Å². The fourth-order valence-electron chi connectivity index (χ4n) is 5.82. The van der Waals surface area contributed by atoms with Gasteiger partial charge in [-0.15, -0.1) is 5.10 Å². The van der Waals surface area contributed by atoms with Gasteiger partial charge in [0.2, 0.25) is 0 Å². The first-order valence-electron chi connectivity index (χ1n) is 13.9. The van der Waals surface area contributed by atoms with Gasteiger partial charge in [-0.2, -0.15) is 0 Å². The number of carbonyl (C=O) groups is 1. The summed E-state index contributed by atoms with van der Waals surface area (Å²) in [6.07, 6.45) is 1.06. The van der Waals surface area contributed by atoms with E-state index in [1.807, 2.05) is 30.7 Å². The Kier molecular flexibility index (Phi) is 7.71. The number of carboxylic acid groups (broad SMARTS) is 1. The van der Waals surface area contributed by atoms with Crippen LogP contribution < -0.4 is 4.74 Å². The van der Waals surface area contributed by atoms with Crippen LogP contribution in [0.25, 0.3) is 11.0 Å². The second-order valence-electron chi connectivity index (χ2n) is 10.8. The molecule has 3 aromatic carbocycles. The van der Waals surface area contributed by atoms with Crippen LogP contribution in [0.3, 0.4) is 0 Å². The monoisotopic (exact) mass is 526 g/mol. The highest BCUT2D eigenvalue weighted by atomic mass is 16.5. The van der Waals surface area contributed by atoms with Gasteiger partial charge in [0, 0.05) is 37.7 Å². The van der Waals surface area contributed by atoms with Gasteiger partial charge in [-0.1, -0.05) is 61.5 Å². The normalized spacial score (nSPS) is 17.3. The van der Waals surface area contributed by atoms with Crippen molar-refractivity contribution >= 4 is 17.0 Å². The minimum atomic E-state index is -0.814. The number of hydrogen-bond acceptors (Lipinski definition) is 5. The van der Waals surface area contributed by atoms with Crippen LogP contribution in [0, 0.1) is 19.8 Å². The van der Waals surface area contributed by atoms with Gasteiger partial charge >= 0.3 is 5.97 Å². The van der Waals surface area contributed by atoms with Crippen molar-refractivity contribution in [3.05, 3.63) is 88.0 Å². The summed E-state index contributed by atoms with van der Waals surface area (Å²) >= 11 is 0. The third-order valence-electron chi connectivity index (χ3n) is 8.21. The third kappa shape index (κ3) is 5.28. The molecule has 2 unspecified atom stereocenters. The molecule has 39 heavy (non-hydrogen) atoms. The zero-order chi connectivity index (χ0) is 27.7. The third-order valence-corrected chi connectivity index (χ3v) is 8.21. The first-order chi connectivity index (χ1) is 18.8. The summed E-state index contributed by atoms with van der Waals surface area (Å²) in [6.45, 7) is 13.3. The molecule has 1 aromatic heterocycles. The SMILES string of the molecule is CC[C@@H]1CN(Cc2cc(C(c3ccc4c(nnn4CC)c3C)C(C)C(=O)O)ccc2C)Cc2ccccc2O1. The number of carboxylic acids is 1. The Hall–Kier alpha value is -3.71. The summed E-state index contributed by atoms with van der Waals surface area (Å²) < 4.78 is 8.19. The van der Waals surface area contributed by atoms with Crippen molar-refractivity contribution in [1.29, 1.82) is 0 Å². The molecule has 0 spiro atoms. The Balaban J connectivity index is 1.53. The van der Waals surface area contributed by atoms with Gasteiger partial charge in [0.05, 0.1) is 11.4 Å². The molecule has 0 saturated heterocycles. The quantitative estimate of drug-likeness (QED) is 0.299. The molecule has 3 atom stereocenters. The summed E-state index contributed by atoms with van der Waals surface area (Å²) in [6, 6.07) is 18.8. The number of para-hydroxylation sites is 1. The minimum absolute atomic E-state index is 0.128. The molecule has 0 saturated carbocycles. The highest BCUT2D eigenvalue weighted by molar-refractivity contribution is 5.81. The van der Waals surface area contributed by atoms with Crippen LogP contribution in [0.2, 0.25) is 0 Å². The number of aryl methyl sites for hydroxylation is 3. The van der Waals surface area contributed by atoms with Crippen LogP contribution in [-0.4, -0.2) is 43.6 Å². The lowest BCUT2D eigenvalue weighted by Crippen LogP contribution is -2.32. The van der Waals surface area contributed by atoms with Gasteiger partial charge < -0.3 is 9.84 Å². The van der Waals surface area contributed by atoms with Gasteiger partial charge in [0.15, 0.2) is 0 Å². The molecule has 5 rings (SSSR count). The molecule has 1 aliphatic rings. The van der Waals surface area contributed by atoms with E-state index in [1.54, 1.807) is 6.92 Å². The van der Waals surface area contributed by atoms with Crippen molar-refractivity contribution in [2.75, 3.05) is 6.54 Å². The average molecular weight is 527 g/mol. The molecule has 4 aromatic rings. The molecule has 7 heteroatoms.